The van der Waals surface area contributed by atoms with Crippen molar-refractivity contribution in [3.63, 3.8) is 0 Å². The molecular formula is C23H27FN4O3. The van der Waals surface area contributed by atoms with Gasteiger partial charge in [0.05, 0.1) is 7.06 Å². The molecule has 1 N–H and O–H groups in total. The summed E-state index contributed by atoms with van der Waals surface area (Å²) in [5, 5.41) is 13.8. The number of halogens is 1. The van der Waals surface area contributed by atoms with E-state index in [1.54, 1.807) is 0 Å². The van der Waals surface area contributed by atoms with Crippen molar-refractivity contribution < 1.29 is 31.8 Å². The molecule has 0 spiro atoms. The number of aromatic nitrogens is 3. The molecule has 7 nitrogen and oxygen atoms in total. The molecule has 1 atom stereocenters. The molecule has 2 aromatic heterocycles. The summed E-state index contributed by atoms with van der Waals surface area (Å²) in [7, 11) is 0. The Labute approximate surface area is 197 Å². The van der Waals surface area contributed by atoms with Gasteiger partial charge >= 0.3 is 0 Å². The van der Waals surface area contributed by atoms with Crippen LogP contribution in [0.25, 0.3) is 11.0 Å². The van der Waals surface area contributed by atoms with Gasteiger partial charge in [0.25, 0.3) is 5.56 Å². The largest absolute Gasteiger partial charge is 0.385 e. The second kappa shape index (κ2) is 8.16. The van der Waals surface area contributed by atoms with Crippen molar-refractivity contribution >= 4 is 11.0 Å². The Bertz CT molecular complexity index is 1670. The first-order valence-electron chi connectivity index (χ1n) is 16.1. The third-order valence-corrected chi connectivity index (χ3v) is 5.20. The molecule has 0 radical (unpaired) electrons. The summed E-state index contributed by atoms with van der Waals surface area (Å²) in [6.07, 6.45) is -10.3. The molecule has 8 heteroatoms. The normalized spacial score (nSPS) is 36.8. The highest BCUT2D eigenvalue weighted by Gasteiger charge is 2.26. The number of hydrogen-bond acceptors (Lipinski definition) is 6. The van der Waals surface area contributed by atoms with Crippen LogP contribution in [0.4, 0.5) is 4.39 Å². The number of aryl methyl sites for hydroxylation is 1. The summed E-state index contributed by atoms with van der Waals surface area (Å²) >= 11 is 0. The van der Waals surface area contributed by atoms with E-state index in [4.69, 9.17) is 22.3 Å². The van der Waals surface area contributed by atoms with E-state index < -0.39 is 91.7 Å². The van der Waals surface area contributed by atoms with E-state index in [0.29, 0.717) is 0 Å². The number of fused-ring (bicyclic) bond motifs is 2. The summed E-state index contributed by atoms with van der Waals surface area (Å²) in [6, 6.07) is 2.78. The topological polar surface area (TPSA) is 84.4 Å². The van der Waals surface area contributed by atoms with E-state index in [9.17, 15) is 14.3 Å². The minimum atomic E-state index is -3.61. The van der Waals surface area contributed by atoms with Crippen molar-refractivity contribution in [1.82, 2.24) is 19.6 Å². The third kappa shape index (κ3) is 3.78. The highest BCUT2D eigenvalue weighted by atomic mass is 19.1. The van der Waals surface area contributed by atoms with Gasteiger partial charge in [-0.1, -0.05) is 5.16 Å². The summed E-state index contributed by atoms with van der Waals surface area (Å²) in [6.45, 7) is -11.1. The number of hydrogen-bond donors (Lipinski definition) is 1. The molecule has 0 saturated carbocycles. The Balaban J connectivity index is 1.63. The van der Waals surface area contributed by atoms with Crippen LogP contribution in [-0.4, -0.2) is 44.3 Å². The smallest absolute Gasteiger partial charge is 0.257 e. The number of likely N-dealkylation sites (tertiary alicyclic amines) is 1. The third-order valence-electron chi connectivity index (χ3n) is 5.20. The van der Waals surface area contributed by atoms with Gasteiger partial charge in [0.15, 0.2) is 5.58 Å². The minimum Gasteiger partial charge on any atom is -0.385 e. The first-order valence-corrected chi connectivity index (χ1v) is 9.65. The number of nitrogens with zero attached hydrogens (tertiary/aromatic N) is 4. The molecule has 1 unspecified atom stereocenters. The number of rotatable bonds is 4. The molecule has 1 saturated heterocycles. The first kappa shape index (κ1) is 10.4. The van der Waals surface area contributed by atoms with Crippen LogP contribution in [0.5, 0.6) is 0 Å². The lowest BCUT2D eigenvalue weighted by molar-refractivity contribution is 0.129. The fourth-order valence-electron chi connectivity index (χ4n) is 3.62. The molecule has 1 fully saturated rings. The van der Waals surface area contributed by atoms with Crippen LogP contribution >= 0.6 is 0 Å². The number of piperidine rings is 1. The van der Waals surface area contributed by atoms with Gasteiger partial charge < -0.3 is 14.5 Å². The van der Waals surface area contributed by atoms with E-state index in [0.717, 1.165) is 22.8 Å². The van der Waals surface area contributed by atoms with Gasteiger partial charge in [0.2, 0.25) is 0 Å². The van der Waals surface area contributed by atoms with Crippen molar-refractivity contribution in [2.24, 2.45) is 0 Å². The van der Waals surface area contributed by atoms with Crippen molar-refractivity contribution in [2.75, 3.05) is 19.5 Å². The highest BCUT2D eigenvalue weighted by Crippen LogP contribution is 2.32. The second-order valence-corrected chi connectivity index (χ2v) is 7.19. The molecule has 3 aromatic rings. The molecule has 0 bridgehead atoms. The maximum absolute atomic E-state index is 13.8. The van der Waals surface area contributed by atoms with Crippen LogP contribution in [0.1, 0.15) is 78.2 Å². The molecule has 5 rings (SSSR count). The lowest BCUT2D eigenvalue weighted by Gasteiger charge is -2.31. The fraction of sp³-hybridized carbons (Fsp3) is 0.522. The zero-order valence-corrected chi connectivity index (χ0v) is 16.2. The van der Waals surface area contributed by atoms with E-state index >= 15 is 0 Å². The zero-order valence-electron chi connectivity index (χ0n) is 29.2. The number of benzene rings is 1. The quantitative estimate of drug-likeness (QED) is 0.673. The van der Waals surface area contributed by atoms with Crippen molar-refractivity contribution in [3.05, 3.63) is 57.1 Å². The van der Waals surface area contributed by atoms with Crippen LogP contribution in [0.15, 0.2) is 27.5 Å². The first-order chi connectivity index (χ1) is 19.9. The van der Waals surface area contributed by atoms with Crippen LogP contribution in [0.3, 0.4) is 0 Å². The average molecular weight is 440 g/mol. The van der Waals surface area contributed by atoms with Crippen LogP contribution < -0.4 is 5.56 Å². The summed E-state index contributed by atoms with van der Waals surface area (Å²) in [4.78, 5) is 17.5. The summed E-state index contributed by atoms with van der Waals surface area (Å²) < 4.78 is 130. The molecule has 4 heterocycles. The lowest BCUT2D eigenvalue weighted by atomic mass is 9.91. The summed E-state index contributed by atoms with van der Waals surface area (Å²) in [5.74, 6) is -4.72. The van der Waals surface area contributed by atoms with Gasteiger partial charge in [0, 0.05) is 58.1 Å². The maximum atomic E-state index is 13.8. The molecule has 0 amide bonds. The Morgan fingerprint density at radius 2 is 2.26 bits per heavy atom. The minimum absolute atomic E-state index is 0.0238. The molecule has 1 aromatic carbocycles. The monoisotopic (exact) mass is 439 g/mol. The van der Waals surface area contributed by atoms with E-state index in [2.05, 4.69) is 10.1 Å². The molecule has 31 heavy (non-hydrogen) atoms. The lowest BCUT2D eigenvalue weighted by Crippen LogP contribution is -2.37. The SMILES string of the molecule is [2H]C([2H])([2H])c1nc2n(c(=O)c1CCN1C([2H])([2H])C([2H])([2H])C([2H])(c3noc4cc(F)ccc34)C([2H])([2H])C1([2H])[2H])CCCC2([2H])O. The predicted molar refractivity (Wildman–Crippen MR) is 114 cm³/mol. The van der Waals surface area contributed by atoms with Gasteiger partial charge in [-0.25, -0.2) is 9.37 Å². The maximum Gasteiger partial charge on any atom is 0.257 e. The molecule has 2 aliphatic rings. The summed E-state index contributed by atoms with van der Waals surface area (Å²) in [5.41, 5.74) is -3.45. The van der Waals surface area contributed by atoms with Gasteiger partial charge in [-0.05, 0) is 64.0 Å². The Kier molecular flexibility index (Phi) is 2.73. The molecule has 2 aliphatic heterocycles. The Morgan fingerprint density at radius 1 is 1.42 bits per heavy atom. The standard InChI is InChI=1S/C23H27FN4O3/c1-14-17(23(30)28-9-2-3-19(29)22(28)25-14)8-12-27-10-6-15(7-11-27)21-18-5-4-16(24)13-20(18)31-26-21/h4-5,13,15,19,29H,2-3,6-12H2,1H3/i1D3,6D2,7D2,10D2,11D2,15D,19D. The van der Waals surface area contributed by atoms with Gasteiger partial charge in [0.1, 0.15) is 17.7 Å². The van der Waals surface area contributed by atoms with E-state index in [1.165, 1.54) is 0 Å². The van der Waals surface area contributed by atoms with Crippen LogP contribution in [-0.2, 0) is 13.0 Å². The van der Waals surface area contributed by atoms with Crippen LogP contribution in [0.2, 0.25) is 0 Å². The fourth-order valence-corrected chi connectivity index (χ4v) is 3.62. The Hall–Kier alpha value is -2.58. The van der Waals surface area contributed by atoms with Crippen molar-refractivity contribution in [3.8, 4) is 0 Å². The number of aliphatic hydroxyl groups is 1. The van der Waals surface area contributed by atoms with Gasteiger partial charge in [-0.3, -0.25) is 9.36 Å². The molecular weight excluding hydrogens is 399 g/mol. The van der Waals surface area contributed by atoms with Crippen LogP contribution in [0, 0.1) is 12.7 Å². The zero-order chi connectivity index (χ0) is 33.1. The van der Waals surface area contributed by atoms with E-state index in [1.807, 2.05) is 0 Å². The van der Waals surface area contributed by atoms with Gasteiger partial charge in [-0.15, -0.1) is 0 Å². The molecule has 164 valence electrons. The van der Waals surface area contributed by atoms with Crippen molar-refractivity contribution in [2.45, 2.75) is 57.4 Å². The Morgan fingerprint density at radius 3 is 3.06 bits per heavy atom. The predicted octanol–water partition coefficient (Wildman–Crippen LogP) is 3.08. The molecule has 0 aliphatic carbocycles. The van der Waals surface area contributed by atoms with E-state index in [-0.39, 0.29) is 35.3 Å². The average Bonchev–Trinajstić information content (AvgIpc) is 3.30. The van der Waals surface area contributed by atoms with Gasteiger partial charge in [-0.2, -0.15) is 0 Å². The highest BCUT2D eigenvalue weighted by molar-refractivity contribution is 5.79. The van der Waals surface area contributed by atoms with Crippen molar-refractivity contribution in [1.29, 1.82) is 0 Å². The second-order valence-electron chi connectivity index (χ2n) is 7.19.